The second-order valence-electron chi connectivity index (χ2n) is 11.7. The maximum Gasteiger partial charge on any atom is 0.229 e. The number of aryl methyl sites for hydroxylation is 1. The van der Waals surface area contributed by atoms with Crippen LogP contribution in [0.1, 0.15) is 70.4 Å². The van der Waals surface area contributed by atoms with E-state index in [0.717, 1.165) is 24.0 Å². The minimum Gasteiger partial charge on any atom is -0.489 e. The van der Waals surface area contributed by atoms with Gasteiger partial charge in [0, 0.05) is 25.9 Å². The van der Waals surface area contributed by atoms with Crippen molar-refractivity contribution in [2.75, 3.05) is 23.7 Å². The highest BCUT2D eigenvalue weighted by Gasteiger charge is 2.27. The monoisotopic (exact) mass is 656 g/mol. The van der Waals surface area contributed by atoms with E-state index >= 15 is 0 Å². The number of primary amides is 1. The van der Waals surface area contributed by atoms with E-state index in [4.69, 9.17) is 22.1 Å². The topological polar surface area (TPSA) is 157 Å². The highest BCUT2D eigenvalue weighted by atomic mass is 35.5. The van der Waals surface area contributed by atoms with Gasteiger partial charge in [-0.3, -0.25) is 9.59 Å². The van der Waals surface area contributed by atoms with Crippen molar-refractivity contribution >= 4 is 56.4 Å². The molecule has 13 heteroatoms. The van der Waals surface area contributed by atoms with Crippen LogP contribution in [0.4, 0.5) is 23.1 Å². The van der Waals surface area contributed by atoms with E-state index in [9.17, 15) is 18.0 Å². The number of hydrogen-bond acceptors (Lipinski definition) is 9. The average molecular weight is 657 g/mol. The maximum atomic E-state index is 13.0. The van der Waals surface area contributed by atoms with Crippen molar-refractivity contribution in [3.8, 4) is 5.75 Å². The van der Waals surface area contributed by atoms with Crippen molar-refractivity contribution in [1.29, 1.82) is 0 Å². The number of nitrogens with zero attached hydrogens (tertiary/aromatic N) is 3. The zero-order valence-corrected chi connectivity index (χ0v) is 27.8. The van der Waals surface area contributed by atoms with Crippen LogP contribution in [0.3, 0.4) is 0 Å². The van der Waals surface area contributed by atoms with Gasteiger partial charge in [0.05, 0.1) is 33.8 Å². The normalized spacial score (nSPS) is 14.1. The van der Waals surface area contributed by atoms with Gasteiger partial charge in [0.1, 0.15) is 10.8 Å². The Balaban J connectivity index is 1.57. The fourth-order valence-corrected chi connectivity index (χ4v) is 6.60. The van der Waals surface area contributed by atoms with E-state index < -0.39 is 21.0 Å². The molecule has 3 aromatic rings. The Labute approximate surface area is 269 Å². The van der Waals surface area contributed by atoms with Crippen LogP contribution in [-0.4, -0.2) is 59.5 Å². The molecule has 4 N–H and O–H groups in total. The minimum absolute atomic E-state index is 0.0470. The van der Waals surface area contributed by atoms with Crippen molar-refractivity contribution in [2.24, 2.45) is 5.73 Å². The lowest BCUT2D eigenvalue weighted by atomic mass is 9.86. The zero-order chi connectivity index (χ0) is 32.9. The molecule has 2 amide bonds. The molecule has 0 aliphatic carbocycles. The first-order valence-corrected chi connectivity index (χ1v) is 17.0. The molecule has 11 nitrogen and oxygen atoms in total. The summed E-state index contributed by atoms with van der Waals surface area (Å²) in [7, 11) is -3.57. The number of aromatic nitrogens is 2. The van der Waals surface area contributed by atoms with Crippen molar-refractivity contribution < 1.29 is 22.7 Å². The number of piperidine rings is 1. The Kier molecular flexibility index (Phi) is 10.9. The minimum atomic E-state index is -3.57. The molecule has 1 aliphatic rings. The molecule has 0 radical (unpaired) electrons. The number of halogens is 1. The van der Waals surface area contributed by atoms with Crippen LogP contribution >= 0.6 is 11.6 Å². The fourth-order valence-electron chi connectivity index (χ4n) is 5.26. The SMILES string of the molecule is Cc1cc(Nc2ncc(Cl)c(Nc3ccccc3S(=O)(=O)C(C)C)n2)c(OC(C)C)cc1C1CCN(C(=O)CCC(N)=O)CC1. The van der Waals surface area contributed by atoms with E-state index in [0.29, 0.717) is 30.2 Å². The molecular formula is C32H41ClN6O5S. The first kappa shape index (κ1) is 34.0. The van der Waals surface area contributed by atoms with Gasteiger partial charge in [0.25, 0.3) is 0 Å². The summed E-state index contributed by atoms with van der Waals surface area (Å²) < 4.78 is 32.1. The van der Waals surface area contributed by atoms with Crippen molar-refractivity contribution in [1.82, 2.24) is 14.9 Å². The molecule has 2 heterocycles. The lowest BCUT2D eigenvalue weighted by Crippen LogP contribution is -2.38. The molecule has 0 atom stereocenters. The molecule has 45 heavy (non-hydrogen) atoms. The summed E-state index contributed by atoms with van der Waals surface area (Å²) in [5.74, 6) is 0.839. The van der Waals surface area contributed by atoms with Gasteiger partial charge < -0.3 is 26.0 Å². The summed E-state index contributed by atoms with van der Waals surface area (Å²) in [5, 5.41) is 5.95. The van der Waals surface area contributed by atoms with Crippen LogP contribution in [0.5, 0.6) is 5.75 Å². The molecule has 4 rings (SSSR count). The summed E-state index contributed by atoms with van der Waals surface area (Å²) in [5.41, 5.74) is 8.42. The van der Waals surface area contributed by atoms with Gasteiger partial charge in [-0.15, -0.1) is 0 Å². The number of carbonyl (C=O) groups excluding carboxylic acids is 2. The molecule has 1 fully saturated rings. The number of ether oxygens (including phenoxy) is 1. The van der Waals surface area contributed by atoms with E-state index in [-0.39, 0.29) is 52.5 Å². The number of hydrogen-bond donors (Lipinski definition) is 3. The third-order valence-corrected chi connectivity index (χ3v) is 10.1. The molecule has 1 saturated heterocycles. The van der Waals surface area contributed by atoms with Gasteiger partial charge in [-0.1, -0.05) is 23.7 Å². The van der Waals surface area contributed by atoms with E-state index in [1.54, 1.807) is 43.0 Å². The van der Waals surface area contributed by atoms with E-state index in [1.165, 1.54) is 6.20 Å². The molecule has 242 valence electrons. The van der Waals surface area contributed by atoms with Crippen LogP contribution in [0.25, 0.3) is 0 Å². The van der Waals surface area contributed by atoms with E-state index in [2.05, 4.69) is 20.6 Å². The highest BCUT2D eigenvalue weighted by molar-refractivity contribution is 7.92. The standard InChI is InChI=1S/C32H41ClN6O5S/c1-19(2)44-27-17-23(22-12-14-39(15-13-22)30(41)11-10-29(34)40)21(5)16-26(27)37-32-35-18-24(33)31(38-32)36-25-8-6-7-9-28(25)45(42,43)20(3)4/h6-9,16-20,22H,10-15H2,1-5H3,(H2,34,40)(H2,35,36,37,38). The Hall–Kier alpha value is -3.90. The van der Waals surface area contributed by atoms with Gasteiger partial charge in [0.15, 0.2) is 15.7 Å². The Bertz CT molecular complexity index is 1660. The zero-order valence-electron chi connectivity index (χ0n) is 26.3. The van der Waals surface area contributed by atoms with Crippen LogP contribution in [-0.2, 0) is 19.4 Å². The first-order valence-electron chi connectivity index (χ1n) is 15.0. The largest absolute Gasteiger partial charge is 0.489 e. The van der Waals surface area contributed by atoms with Crippen molar-refractivity contribution in [3.05, 3.63) is 58.7 Å². The summed E-state index contributed by atoms with van der Waals surface area (Å²) >= 11 is 6.44. The molecule has 0 unspecified atom stereocenters. The third-order valence-electron chi connectivity index (χ3n) is 7.66. The maximum absolute atomic E-state index is 13.0. The summed E-state index contributed by atoms with van der Waals surface area (Å²) in [4.78, 5) is 34.4. The smallest absolute Gasteiger partial charge is 0.229 e. The Morgan fingerprint density at radius 3 is 2.40 bits per heavy atom. The van der Waals surface area contributed by atoms with Crippen molar-refractivity contribution in [3.63, 3.8) is 0 Å². The summed E-state index contributed by atoms with van der Waals surface area (Å²) in [6.07, 6.45) is 3.13. The van der Waals surface area contributed by atoms with Crippen LogP contribution in [0.15, 0.2) is 47.5 Å². The number of carbonyl (C=O) groups is 2. The number of anilines is 4. The summed E-state index contributed by atoms with van der Waals surface area (Å²) in [6, 6.07) is 10.7. The van der Waals surface area contributed by atoms with Gasteiger partial charge in [-0.25, -0.2) is 13.4 Å². The number of nitrogens with two attached hydrogens (primary N) is 1. The van der Waals surface area contributed by atoms with Gasteiger partial charge >= 0.3 is 0 Å². The Morgan fingerprint density at radius 2 is 1.76 bits per heavy atom. The number of likely N-dealkylation sites (tertiary alicyclic amines) is 1. The molecule has 1 aliphatic heterocycles. The molecular weight excluding hydrogens is 616 g/mol. The van der Waals surface area contributed by atoms with Crippen LogP contribution < -0.4 is 21.1 Å². The number of sulfone groups is 1. The first-order chi connectivity index (χ1) is 21.3. The predicted molar refractivity (Wildman–Crippen MR) is 176 cm³/mol. The quantitative estimate of drug-likeness (QED) is 0.217. The fraction of sp³-hybridized carbons (Fsp3) is 0.438. The van der Waals surface area contributed by atoms with Gasteiger partial charge in [0.2, 0.25) is 17.8 Å². The average Bonchev–Trinajstić information content (AvgIpc) is 2.99. The van der Waals surface area contributed by atoms with Crippen LogP contribution in [0, 0.1) is 6.92 Å². The second kappa shape index (κ2) is 14.5. The Morgan fingerprint density at radius 1 is 1.07 bits per heavy atom. The number of benzene rings is 2. The molecule has 2 aromatic carbocycles. The van der Waals surface area contributed by atoms with Crippen LogP contribution in [0.2, 0.25) is 5.02 Å². The van der Waals surface area contributed by atoms with Crippen molar-refractivity contribution in [2.45, 2.75) is 82.5 Å². The number of amides is 2. The molecule has 1 aromatic heterocycles. The molecule has 0 saturated carbocycles. The second-order valence-corrected chi connectivity index (χ2v) is 14.6. The van der Waals surface area contributed by atoms with Gasteiger partial charge in [-0.2, -0.15) is 4.98 Å². The van der Waals surface area contributed by atoms with Gasteiger partial charge in [-0.05, 0) is 88.8 Å². The number of rotatable bonds is 12. The lowest BCUT2D eigenvalue weighted by Gasteiger charge is -2.33. The van der Waals surface area contributed by atoms with E-state index in [1.807, 2.05) is 32.9 Å². The third kappa shape index (κ3) is 8.43. The number of nitrogens with one attached hydrogen (secondary N) is 2. The lowest BCUT2D eigenvalue weighted by molar-refractivity contribution is -0.134. The molecule has 0 spiro atoms. The predicted octanol–water partition coefficient (Wildman–Crippen LogP) is 5.87. The number of para-hydroxylation sites is 1. The summed E-state index contributed by atoms with van der Waals surface area (Å²) in [6.45, 7) is 10.4. The molecule has 0 bridgehead atoms. The highest BCUT2D eigenvalue weighted by Crippen LogP contribution is 2.38.